The van der Waals surface area contributed by atoms with Gasteiger partial charge in [-0.3, -0.25) is 0 Å². The van der Waals surface area contributed by atoms with Crippen LogP contribution >= 0.6 is 0 Å². The second-order valence-electron chi connectivity index (χ2n) is 4.68. The van der Waals surface area contributed by atoms with Crippen LogP contribution in [-0.2, 0) is 19.4 Å². The summed E-state index contributed by atoms with van der Waals surface area (Å²) in [6.45, 7) is 0.590. The van der Waals surface area contributed by atoms with E-state index in [-0.39, 0.29) is 5.69 Å². The van der Waals surface area contributed by atoms with E-state index >= 15 is 0 Å². The molecule has 6 heteroatoms. The normalized spacial score (nSPS) is 18.3. The van der Waals surface area contributed by atoms with Crippen LogP contribution in [0.2, 0.25) is 0 Å². The highest BCUT2D eigenvalue weighted by Gasteiger charge is 2.27. The van der Waals surface area contributed by atoms with E-state index in [4.69, 9.17) is 4.42 Å². The largest absolute Gasteiger partial charge is 0.476 e. The van der Waals surface area contributed by atoms with Crippen molar-refractivity contribution >= 4 is 5.97 Å². The van der Waals surface area contributed by atoms with E-state index in [0.717, 1.165) is 5.76 Å². The van der Waals surface area contributed by atoms with Crippen molar-refractivity contribution in [1.29, 1.82) is 0 Å². The summed E-state index contributed by atoms with van der Waals surface area (Å²) in [5, 5.41) is 18.9. The molecule has 0 saturated heterocycles. The molecule has 19 heavy (non-hydrogen) atoms. The average Bonchev–Trinajstić information content (AvgIpc) is 2.97. The van der Waals surface area contributed by atoms with Crippen molar-refractivity contribution in [3.05, 3.63) is 41.4 Å². The van der Waals surface area contributed by atoms with Crippen LogP contribution in [0.4, 0.5) is 0 Å². The summed E-state index contributed by atoms with van der Waals surface area (Å²) in [4.78, 5) is 15.4. The Morgan fingerprint density at radius 3 is 3.11 bits per heavy atom. The lowest BCUT2D eigenvalue weighted by Gasteiger charge is -2.21. The minimum Gasteiger partial charge on any atom is -0.476 e. The maximum Gasteiger partial charge on any atom is 0.356 e. The molecule has 0 bridgehead atoms. The van der Waals surface area contributed by atoms with Gasteiger partial charge in [-0.1, -0.05) is 0 Å². The van der Waals surface area contributed by atoms with Gasteiger partial charge in [0.1, 0.15) is 11.6 Å². The molecule has 0 spiro atoms. The molecule has 0 aromatic carbocycles. The van der Waals surface area contributed by atoms with Crippen molar-refractivity contribution in [2.75, 3.05) is 0 Å². The molecule has 2 aromatic rings. The fourth-order valence-electron chi connectivity index (χ4n) is 2.49. The quantitative estimate of drug-likeness (QED) is 0.863. The number of aromatic nitrogens is 2. The van der Waals surface area contributed by atoms with Gasteiger partial charge in [0.15, 0.2) is 5.69 Å². The maximum atomic E-state index is 11.2. The Kier molecular flexibility index (Phi) is 2.87. The lowest BCUT2D eigenvalue weighted by Crippen LogP contribution is -2.25. The first-order chi connectivity index (χ1) is 9.15. The van der Waals surface area contributed by atoms with Crippen LogP contribution in [-0.4, -0.2) is 31.8 Å². The number of furan rings is 1. The summed E-state index contributed by atoms with van der Waals surface area (Å²) >= 11 is 0. The molecule has 2 aromatic heterocycles. The molecule has 2 N–H and O–H groups in total. The summed E-state index contributed by atoms with van der Waals surface area (Å²) in [5.74, 6) is 0.369. The van der Waals surface area contributed by atoms with Gasteiger partial charge in [-0.15, -0.1) is 0 Å². The minimum absolute atomic E-state index is 0.0420. The van der Waals surface area contributed by atoms with E-state index in [1.54, 1.807) is 12.3 Å². The highest BCUT2D eigenvalue weighted by atomic mass is 16.4. The molecule has 3 heterocycles. The Balaban J connectivity index is 2.01. The first-order valence-electron chi connectivity index (χ1n) is 6.17. The Hall–Kier alpha value is -2.08. The summed E-state index contributed by atoms with van der Waals surface area (Å²) in [6.07, 6.45) is 2.51. The topological polar surface area (TPSA) is 88.5 Å². The number of aliphatic hydroxyl groups excluding tert-OH is 1. The van der Waals surface area contributed by atoms with Crippen molar-refractivity contribution in [2.45, 2.75) is 31.9 Å². The highest BCUT2D eigenvalue weighted by Crippen LogP contribution is 2.23. The third-order valence-corrected chi connectivity index (χ3v) is 3.38. The number of carboxylic acids is 1. The van der Waals surface area contributed by atoms with Gasteiger partial charge in [0.2, 0.25) is 0 Å². The predicted molar refractivity (Wildman–Crippen MR) is 65.0 cm³/mol. The number of aromatic carboxylic acids is 1. The van der Waals surface area contributed by atoms with E-state index in [0.29, 0.717) is 37.3 Å². The molecule has 1 aliphatic rings. The summed E-state index contributed by atoms with van der Waals surface area (Å²) < 4.78 is 7.16. The standard InChI is InChI=1S/C13H14N2O4/c16-8-3-4-15-10(6-8)12(13(17)18)14-11(15)7-9-2-1-5-19-9/h1-2,5,8,16H,3-4,6-7H2,(H,17,18). The van der Waals surface area contributed by atoms with E-state index in [1.165, 1.54) is 0 Å². The van der Waals surface area contributed by atoms with E-state index in [1.807, 2.05) is 10.6 Å². The van der Waals surface area contributed by atoms with Gasteiger partial charge >= 0.3 is 5.97 Å². The third kappa shape index (κ3) is 2.15. The first-order valence-corrected chi connectivity index (χ1v) is 6.17. The van der Waals surface area contributed by atoms with Crippen LogP contribution in [0.15, 0.2) is 22.8 Å². The van der Waals surface area contributed by atoms with Gasteiger partial charge < -0.3 is 19.2 Å². The zero-order valence-corrected chi connectivity index (χ0v) is 10.2. The number of nitrogens with zero attached hydrogens (tertiary/aromatic N) is 2. The molecule has 100 valence electrons. The molecule has 6 nitrogen and oxygen atoms in total. The Labute approximate surface area is 109 Å². The van der Waals surface area contributed by atoms with Gasteiger partial charge in [-0.2, -0.15) is 0 Å². The SMILES string of the molecule is O=C(O)c1nc(Cc2ccco2)n2c1CC(O)CC2. The molecule has 3 rings (SSSR count). The molecular weight excluding hydrogens is 248 g/mol. The fourth-order valence-corrected chi connectivity index (χ4v) is 2.49. The van der Waals surface area contributed by atoms with E-state index in [9.17, 15) is 15.0 Å². The number of imidazole rings is 1. The highest BCUT2D eigenvalue weighted by molar-refractivity contribution is 5.87. The Morgan fingerprint density at radius 2 is 2.42 bits per heavy atom. The zero-order valence-electron chi connectivity index (χ0n) is 10.2. The maximum absolute atomic E-state index is 11.2. The predicted octanol–water partition coefficient (Wildman–Crippen LogP) is 1.07. The summed E-state index contributed by atoms with van der Waals surface area (Å²) in [7, 11) is 0. The fraction of sp³-hybridized carbons (Fsp3) is 0.385. The third-order valence-electron chi connectivity index (χ3n) is 3.38. The van der Waals surface area contributed by atoms with Crippen molar-refractivity contribution in [1.82, 2.24) is 9.55 Å². The monoisotopic (exact) mass is 262 g/mol. The van der Waals surface area contributed by atoms with Crippen LogP contribution in [0, 0.1) is 0 Å². The van der Waals surface area contributed by atoms with E-state index < -0.39 is 12.1 Å². The number of hydrogen-bond acceptors (Lipinski definition) is 4. The lowest BCUT2D eigenvalue weighted by molar-refractivity contribution is 0.0687. The van der Waals surface area contributed by atoms with Crippen LogP contribution in [0.3, 0.4) is 0 Å². The minimum atomic E-state index is -1.05. The number of hydrogen-bond donors (Lipinski definition) is 2. The van der Waals surface area contributed by atoms with Gasteiger partial charge in [-0.05, 0) is 18.6 Å². The van der Waals surface area contributed by atoms with Gasteiger partial charge in [0.05, 0.1) is 24.5 Å². The zero-order chi connectivity index (χ0) is 13.4. The van der Waals surface area contributed by atoms with Crippen LogP contribution in [0.5, 0.6) is 0 Å². The number of carboxylic acid groups (broad SMARTS) is 1. The van der Waals surface area contributed by atoms with Crippen LogP contribution in [0.1, 0.15) is 34.2 Å². The van der Waals surface area contributed by atoms with Crippen molar-refractivity contribution < 1.29 is 19.4 Å². The molecular formula is C13H14N2O4. The smallest absolute Gasteiger partial charge is 0.356 e. The summed E-state index contributed by atoms with van der Waals surface area (Å²) in [5.41, 5.74) is 0.646. The molecule has 0 aliphatic carbocycles. The lowest BCUT2D eigenvalue weighted by atomic mass is 10.1. The van der Waals surface area contributed by atoms with Crippen LogP contribution < -0.4 is 0 Å². The van der Waals surface area contributed by atoms with Crippen molar-refractivity contribution in [2.24, 2.45) is 0 Å². The Bertz CT molecular complexity index is 600. The van der Waals surface area contributed by atoms with Crippen LogP contribution in [0.25, 0.3) is 0 Å². The van der Waals surface area contributed by atoms with Crippen molar-refractivity contribution in [3.8, 4) is 0 Å². The molecule has 1 aliphatic heterocycles. The number of aliphatic hydroxyl groups is 1. The van der Waals surface area contributed by atoms with Gasteiger partial charge in [-0.25, -0.2) is 9.78 Å². The molecule has 0 fully saturated rings. The molecule has 1 atom stereocenters. The van der Waals surface area contributed by atoms with Crippen molar-refractivity contribution in [3.63, 3.8) is 0 Å². The van der Waals surface area contributed by atoms with Gasteiger partial charge in [0, 0.05) is 13.0 Å². The second-order valence-corrected chi connectivity index (χ2v) is 4.68. The Morgan fingerprint density at radius 1 is 1.58 bits per heavy atom. The number of fused-ring (bicyclic) bond motifs is 1. The average molecular weight is 262 g/mol. The van der Waals surface area contributed by atoms with E-state index in [2.05, 4.69) is 4.98 Å². The molecule has 1 unspecified atom stereocenters. The molecule has 0 radical (unpaired) electrons. The first kappa shape index (κ1) is 12.0. The number of rotatable bonds is 3. The molecule has 0 amide bonds. The summed E-state index contributed by atoms with van der Waals surface area (Å²) in [6, 6.07) is 3.62. The second kappa shape index (κ2) is 4.55. The number of carbonyl (C=O) groups is 1. The van der Waals surface area contributed by atoms with Gasteiger partial charge in [0.25, 0.3) is 0 Å². The molecule has 0 saturated carbocycles.